The number of hydrogen-bond donors (Lipinski definition) is 6. The normalized spacial score (nSPS) is 29.2. The smallest absolute Gasteiger partial charge is 0.187 e. The summed E-state index contributed by atoms with van der Waals surface area (Å²) in [6.07, 6.45) is -3.86. The van der Waals surface area contributed by atoms with Gasteiger partial charge in [0.2, 0.25) is 0 Å². The summed E-state index contributed by atoms with van der Waals surface area (Å²) >= 11 is 0. The molecular formula is C26H32O11. The molecule has 11 nitrogen and oxygen atoms in total. The van der Waals surface area contributed by atoms with Gasteiger partial charge in [-0.25, -0.2) is 0 Å². The highest BCUT2D eigenvalue weighted by Gasteiger charge is 2.44. The number of phenolic OH excluding ortho intramolecular Hbond substituents is 1. The van der Waals surface area contributed by atoms with Gasteiger partial charge in [-0.2, -0.15) is 0 Å². The van der Waals surface area contributed by atoms with Crippen LogP contribution in [-0.4, -0.2) is 95.4 Å². The standard InChI is InChI=1S/C26H32O11/c1-33-18-10-14(5-6-17(18)29)24-16(11-27)15-8-13(9-19(34-2)25(15)37-24)4-3-7-35-26-23(32)22(31)21(30)20(12-28)36-26/h3-6,8-10,16,20-24,26-32H,7,11-12H2,1-2H3/t16-,20+,21+,22-,23+,24+,26+/m0/s1. The molecule has 202 valence electrons. The molecule has 4 rings (SSSR count). The molecule has 6 N–H and O–H groups in total. The van der Waals surface area contributed by atoms with Gasteiger partial charge in [0.1, 0.15) is 30.5 Å². The Morgan fingerprint density at radius 3 is 2.35 bits per heavy atom. The first-order valence-corrected chi connectivity index (χ1v) is 11.8. The molecule has 0 saturated carbocycles. The zero-order valence-corrected chi connectivity index (χ0v) is 20.4. The largest absolute Gasteiger partial charge is 0.504 e. The number of rotatable bonds is 9. The molecule has 37 heavy (non-hydrogen) atoms. The van der Waals surface area contributed by atoms with Gasteiger partial charge in [-0.1, -0.05) is 18.2 Å². The van der Waals surface area contributed by atoms with E-state index in [1.54, 1.807) is 30.4 Å². The lowest BCUT2D eigenvalue weighted by Gasteiger charge is -2.39. The molecule has 0 amide bonds. The molecule has 0 bridgehead atoms. The maximum atomic E-state index is 10.2. The van der Waals surface area contributed by atoms with E-state index in [9.17, 15) is 30.6 Å². The van der Waals surface area contributed by atoms with Crippen LogP contribution in [0.1, 0.15) is 28.7 Å². The Bertz CT molecular complexity index is 1100. The molecule has 7 atom stereocenters. The summed E-state index contributed by atoms with van der Waals surface area (Å²) in [5, 5.41) is 59.3. The Morgan fingerprint density at radius 1 is 0.919 bits per heavy atom. The SMILES string of the molecule is COc1cc([C@H]2Oc3c(OC)cc(C=CCO[C@@H]4O[C@H](CO)[C@@H](O)[C@H](O)[C@H]4O)cc3[C@@H]2CO)ccc1O. The molecule has 0 spiro atoms. The Balaban J connectivity index is 1.50. The van der Waals surface area contributed by atoms with E-state index < -0.39 is 49.3 Å². The van der Waals surface area contributed by atoms with E-state index in [1.165, 1.54) is 20.3 Å². The fraction of sp³-hybridized carbons (Fsp3) is 0.462. The van der Waals surface area contributed by atoms with E-state index in [0.29, 0.717) is 17.2 Å². The third-order valence-corrected chi connectivity index (χ3v) is 6.58. The van der Waals surface area contributed by atoms with Crippen LogP contribution in [0.15, 0.2) is 36.4 Å². The van der Waals surface area contributed by atoms with Crippen molar-refractivity contribution in [3.05, 3.63) is 53.1 Å². The molecule has 2 aromatic carbocycles. The quantitative estimate of drug-likeness (QED) is 0.272. The van der Waals surface area contributed by atoms with Crippen molar-refractivity contribution < 1.29 is 54.3 Å². The fourth-order valence-electron chi connectivity index (χ4n) is 4.57. The van der Waals surface area contributed by atoms with Crippen molar-refractivity contribution in [3.8, 4) is 23.0 Å². The number of aliphatic hydroxyl groups excluding tert-OH is 5. The summed E-state index contributed by atoms with van der Waals surface area (Å²) in [5.41, 5.74) is 2.20. The zero-order valence-electron chi connectivity index (χ0n) is 20.4. The van der Waals surface area contributed by atoms with E-state index in [4.69, 9.17) is 23.7 Å². The van der Waals surface area contributed by atoms with Crippen molar-refractivity contribution >= 4 is 6.08 Å². The molecule has 2 heterocycles. The molecule has 2 aromatic rings. The Hall–Kier alpha value is -2.90. The van der Waals surface area contributed by atoms with Gasteiger partial charge in [0, 0.05) is 5.56 Å². The average molecular weight is 521 g/mol. The van der Waals surface area contributed by atoms with Gasteiger partial charge < -0.3 is 54.3 Å². The van der Waals surface area contributed by atoms with Crippen LogP contribution in [0.3, 0.4) is 0 Å². The van der Waals surface area contributed by atoms with Gasteiger partial charge in [-0.15, -0.1) is 0 Å². The average Bonchev–Trinajstić information content (AvgIpc) is 3.29. The molecule has 2 aliphatic heterocycles. The number of ether oxygens (including phenoxy) is 5. The number of aliphatic hydroxyl groups is 5. The highest BCUT2D eigenvalue weighted by molar-refractivity contribution is 5.62. The van der Waals surface area contributed by atoms with E-state index in [-0.39, 0.29) is 19.0 Å². The van der Waals surface area contributed by atoms with Crippen molar-refractivity contribution in [2.24, 2.45) is 0 Å². The topological polar surface area (TPSA) is 168 Å². The van der Waals surface area contributed by atoms with E-state index in [0.717, 1.165) is 16.7 Å². The number of hydrogen-bond acceptors (Lipinski definition) is 11. The van der Waals surface area contributed by atoms with Crippen molar-refractivity contribution in [2.75, 3.05) is 34.0 Å². The van der Waals surface area contributed by atoms with E-state index in [1.807, 2.05) is 6.07 Å². The number of phenols is 1. The summed E-state index contributed by atoms with van der Waals surface area (Å²) in [6.45, 7) is -0.739. The monoisotopic (exact) mass is 520 g/mol. The van der Waals surface area contributed by atoms with Gasteiger partial charge in [-0.05, 0) is 35.4 Å². The van der Waals surface area contributed by atoms with E-state index >= 15 is 0 Å². The molecule has 0 radical (unpaired) electrons. The van der Waals surface area contributed by atoms with Crippen LogP contribution >= 0.6 is 0 Å². The van der Waals surface area contributed by atoms with Gasteiger partial charge in [0.05, 0.1) is 40.0 Å². The molecule has 0 aromatic heterocycles. The molecular weight excluding hydrogens is 488 g/mol. The third-order valence-electron chi connectivity index (χ3n) is 6.58. The van der Waals surface area contributed by atoms with Crippen LogP contribution in [-0.2, 0) is 9.47 Å². The molecule has 0 unspecified atom stereocenters. The van der Waals surface area contributed by atoms with Crippen molar-refractivity contribution in [1.82, 2.24) is 0 Å². The number of methoxy groups -OCH3 is 2. The Kier molecular flexibility index (Phi) is 8.55. The van der Waals surface area contributed by atoms with Crippen LogP contribution in [0.5, 0.6) is 23.0 Å². The molecule has 1 saturated heterocycles. The minimum atomic E-state index is -1.52. The first kappa shape index (κ1) is 27.1. The summed E-state index contributed by atoms with van der Waals surface area (Å²) in [7, 11) is 2.97. The highest BCUT2D eigenvalue weighted by atomic mass is 16.7. The summed E-state index contributed by atoms with van der Waals surface area (Å²) in [6, 6.07) is 8.51. The maximum absolute atomic E-state index is 10.2. The number of benzene rings is 2. The minimum Gasteiger partial charge on any atom is -0.504 e. The minimum absolute atomic E-state index is 0.00162. The molecule has 0 aliphatic carbocycles. The second-order valence-corrected chi connectivity index (χ2v) is 8.83. The van der Waals surface area contributed by atoms with Crippen molar-refractivity contribution in [3.63, 3.8) is 0 Å². The van der Waals surface area contributed by atoms with Gasteiger partial charge in [-0.3, -0.25) is 0 Å². The summed E-state index contributed by atoms with van der Waals surface area (Å²) in [5.74, 6) is 0.867. The summed E-state index contributed by atoms with van der Waals surface area (Å²) < 4.78 is 27.8. The first-order chi connectivity index (χ1) is 17.8. The molecule has 1 fully saturated rings. The first-order valence-electron chi connectivity index (χ1n) is 11.8. The van der Waals surface area contributed by atoms with E-state index in [2.05, 4.69) is 0 Å². The van der Waals surface area contributed by atoms with Gasteiger partial charge >= 0.3 is 0 Å². The fourth-order valence-corrected chi connectivity index (χ4v) is 4.57. The number of fused-ring (bicyclic) bond motifs is 1. The lowest BCUT2D eigenvalue weighted by atomic mass is 9.90. The lowest BCUT2D eigenvalue weighted by molar-refractivity contribution is -0.298. The zero-order chi connectivity index (χ0) is 26.7. The van der Waals surface area contributed by atoms with Gasteiger partial charge in [0.25, 0.3) is 0 Å². The Morgan fingerprint density at radius 2 is 1.68 bits per heavy atom. The summed E-state index contributed by atoms with van der Waals surface area (Å²) in [4.78, 5) is 0. The number of aromatic hydroxyl groups is 1. The van der Waals surface area contributed by atoms with Crippen LogP contribution in [0.25, 0.3) is 6.08 Å². The second kappa shape index (κ2) is 11.7. The highest BCUT2D eigenvalue weighted by Crippen LogP contribution is 2.51. The molecule has 11 heteroatoms. The molecule has 2 aliphatic rings. The maximum Gasteiger partial charge on any atom is 0.187 e. The van der Waals surface area contributed by atoms with Crippen LogP contribution in [0, 0.1) is 0 Å². The van der Waals surface area contributed by atoms with Gasteiger partial charge in [0.15, 0.2) is 29.3 Å². The predicted molar refractivity (Wildman–Crippen MR) is 130 cm³/mol. The van der Waals surface area contributed by atoms with Crippen LogP contribution in [0.2, 0.25) is 0 Å². The van der Waals surface area contributed by atoms with Crippen LogP contribution < -0.4 is 14.2 Å². The predicted octanol–water partition coefficient (Wildman–Crippen LogP) is 0.449. The lowest BCUT2D eigenvalue weighted by Crippen LogP contribution is -2.59. The second-order valence-electron chi connectivity index (χ2n) is 8.83. The van der Waals surface area contributed by atoms with Crippen molar-refractivity contribution in [2.45, 2.75) is 42.7 Å². The van der Waals surface area contributed by atoms with Crippen LogP contribution in [0.4, 0.5) is 0 Å². The van der Waals surface area contributed by atoms with Crippen molar-refractivity contribution in [1.29, 1.82) is 0 Å². The Labute approximate surface area is 213 Å². The third kappa shape index (κ3) is 5.39.